The van der Waals surface area contributed by atoms with E-state index >= 15 is 0 Å². The smallest absolute Gasteiger partial charge is 0.259 e. The molecule has 0 atom stereocenters. The summed E-state index contributed by atoms with van der Waals surface area (Å²) < 4.78 is 0. The van der Waals surface area contributed by atoms with Gasteiger partial charge in [-0.1, -0.05) is 29.5 Å². The van der Waals surface area contributed by atoms with Crippen molar-refractivity contribution in [1.82, 2.24) is 9.97 Å². The Morgan fingerprint density at radius 2 is 1.89 bits per heavy atom. The van der Waals surface area contributed by atoms with Gasteiger partial charge in [-0.05, 0) is 32.2 Å². The standard InChI is InChI=1S/C14H15N3OS/c1-9-4-6-11(7-5-9)17-13(18)12-8-15-14(19-3)16-10(12)2/h4-8H,1-3H3,(H,17,18). The van der Waals surface area contributed by atoms with Gasteiger partial charge in [0.2, 0.25) is 0 Å². The van der Waals surface area contributed by atoms with Crippen LogP contribution in [0, 0.1) is 13.8 Å². The van der Waals surface area contributed by atoms with Gasteiger partial charge >= 0.3 is 0 Å². The van der Waals surface area contributed by atoms with Crippen LogP contribution in [0.5, 0.6) is 0 Å². The molecular formula is C14H15N3OS. The maximum absolute atomic E-state index is 12.1. The lowest BCUT2D eigenvalue weighted by Crippen LogP contribution is -2.14. The number of nitrogens with zero attached hydrogens (tertiary/aromatic N) is 2. The molecule has 5 heteroatoms. The Balaban J connectivity index is 2.18. The number of carbonyl (C=O) groups is 1. The number of aryl methyl sites for hydroxylation is 2. The fourth-order valence-corrected chi connectivity index (χ4v) is 1.99. The lowest BCUT2D eigenvalue weighted by atomic mass is 10.2. The SMILES string of the molecule is CSc1ncc(C(=O)Nc2ccc(C)cc2)c(C)n1. The first-order chi connectivity index (χ1) is 9.10. The van der Waals surface area contributed by atoms with Gasteiger partial charge in [0.15, 0.2) is 5.16 Å². The first kappa shape index (κ1) is 13.5. The van der Waals surface area contributed by atoms with Gasteiger partial charge in [-0.25, -0.2) is 9.97 Å². The van der Waals surface area contributed by atoms with Gasteiger partial charge < -0.3 is 5.32 Å². The molecule has 1 aromatic carbocycles. The molecule has 0 spiro atoms. The molecule has 0 aliphatic rings. The Hall–Kier alpha value is -1.88. The maximum atomic E-state index is 12.1. The van der Waals surface area contributed by atoms with Crippen molar-refractivity contribution in [3.05, 3.63) is 47.3 Å². The first-order valence-electron chi connectivity index (χ1n) is 5.86. The molecule has 0 bridgehead atoms. The van der Waals surface area contributed by atoms with Crippen molar-refractivity contribution in [2.45, 2.75) is 19.0 Å². The first-order valence-corrected chi connectivity index (χ1v) is 7.08. The molecule has 0 radical (unpaired) electrons. The summed E-state index contributed by atoms with van der Waals surface area (Å²) >= 11 is 1.46. The van der Waals surface area contributed by atoms with E-state index in [-0.39, 0.29) is 5.91 Å². The second-order valence-electron chi connectivity index (χ2n) is 4.18. The number of nitrogens with one attached hydrogen (secondary N) is 1. The molecule has 1 amide bonds. The molecule has 4 nitrogen and oxygen atoms in total. The van der Waals surface area contributed by atoms with E-state index in [0.29, 0.717) is 16.4 Å². The molecule has 2 rings (SSSR count). The third-order valence-corrected chi connectivity index (χ3v) is 3.26. The van der Waals surface area contributed by atoms with E-state index in [2.05, 4.69) is 15.3 Å². The second kappa shape index (κ2) is 5.84. The normalized spacial score (nSPS) is 10.3. The summed E-state index contributed by atoms with van der Waals surface area (Å²) in [5.41, 5.74) is 3.10. The Labute approximate surface area is 116 Å². The number of carbonyl (C=O) groups excluding carboxylic acids is 1. The van der Waals surface area contributed by atoms with Crippen LogP contribution in [0.25, 0.3) is 0 Å². The Bertz CT molecular complexity index is 596. The highest BCUT2D eigenvalue weighted by atomic mass is 32.2. The Morgan fingerprint density at radius 1 is 1.21 bits per heavy atom. The number of amides is 1. The molecule has 19 heavy (non-hydrogen) atoms. The van der Waals surface area contributed by atoms with E-state index in [1.807, 2.05) is 44.4 Å². The molecule has 1 aromatic heterocycles. The third-order valence-electron chi connectivity index (χ3n) is 2.69. The van der Waals surface area contributed by atoms with Gasteiger partial charge in [-0.15, -0.1) is 0 Å². The van der Waals surface area contributed by atoms with E-state index in [9.17, 15) is 4.79 Å². The summed E-state index contributed by atoms with van der Waals surface area (Å²) in [4.78, 5) is 20.5. The van der Waals surface area contributed by atoms with Gasteiger partial charge in [0, 0.05) is 11.9 Å². The van der Waals surface area contributed by atoms with Crippen molar-refractivity contribution in [2.24, 2.45) is 0 Å². The number of anilines is 1. The molecule has 0 aliphatic heterocycles. The van der Waals surface area contributed by atoms with Crippen LogP contribution >= 0.6 is 11.8 Å². The van der Waals surface area contributed by atoms with E-state index in [1.54, 1.807) is 6.20 Å². The second-order valence-corrected chi connectivity index (χ2v) is 4.95. The van der Waals surface area contributed by atoms with Gasteiger partial charge in [-0.2, -0.15) is 0 Å². The number of hydrogen-bond donors (Lipinski definition) is 1. The highest BCUT2D eigenvalue weighted by molar-refractivity contribution is 7.98. The van der Waals surface area contributed by atoms with Crippen molar-refractivity contribution < 1.29 is 4.79 Å². The Kier molecular flexibility index (Phi) is 4.16. The predicted molar refractivity (Wildman–Crippen MR) is 77.7 cm³/mol. The lowest BCUT2D eigenvalue weighted by molar-refractivity contribution is 0.102. The highest BCUT2D eigenvalue weighted by Crippen LogP contribution is 2.14. The summed E-state index contributed by atoms with van der Waals surface area (Å²) in [6, 6.07) is 7.66. The van der Waals surface area contributed by atoms with Crippen molar-refractivity contribution in [1.29, 1.82) is 0 Å². The fourth-order valence-electron chi connectivity index (χ4n) is 1.60. The van der Waals surface area contributed by atoms with Crippen LogP contribution in [0.4, 0.5) is 5.69 Å². The summed E-state index contributed by atoms with van der Waals surface area (Å²) in [5, 5.41) is 3.51. The molecule has 1 heterocycles. The molecule has 0 fully saturated rings. The molecule has 0 saturated carbocycles. The molecule has 0 unspecified atom stereocenters. The van der Waals surface area contributed by atoms with Gasteiger partial charge in [0.25, 0.3) is 5.91 Å². The van der Waals surface area contributed by atoms with Crippen molar-refractivity contribution in [2.75, 3.05) is 11.6 Å². The van der Waals surface area contributed by atoms with Gasteiger partial charge in [0.05, 0.1) is 11.3 Å². The molecule has 0 aliphatic carbocycles. The fraction of sp³-hybridized carbons (Fsp3) is 0.214. The van der Waals surface area contributed by atoms with E-state index in [4.69, 9.17) is 0 Å². The van der Waals surface area contributed by atoms with Crippen LogP contribution < -0.4 is 5.32 Å². The van der Waals surface area contributed by atoms with Gasteiger partial charge in [0.1, 0.15) is 0 Å². The van der Waals surface area contributed by atoms with Crippen LogP contribution in [0.3, 0.4) is 0 Å². The Morgan fingerprint density at radius 3 is 2.47 bits per heavy atom. The molecule has 2 aromatic rings. The monoisotopic (exact) mass is 273 g/mol. The number of benzene rings is 1. The van der Waals surface area contributed by atoms with E-state index in [0.717, 1.165) is 11.3 Å². The zero-order chi connectivity index (χ0) is 13.8. The summed E-state index contributed by atoms with van der Waals surface area (Å²) in [5.74, 6) is -0.186. The zero-order valence-corrected chi connectivity index (χ0v) is 11.9. The van der Waals surface area contributed by atoms with Crippen LogP contribution in [0.15, 0.2) is 35.6 Å². The minimum absolute atomic E-state index is 0.186. The zero-order valence-electron chi connectivity index (χ0n) is 11.1. The summed E-state index contributed by atoms with van der Waals surface area (Å²) in [6.07, 6.45) is 3.47. The molecule has 0 saturated heterocycles. The van der Waals surface area contributed by atoms with Crippen LogP contribution in [0.2, 0.25) is 0 Å². The van der Waals surface area contributed by atoms with Gasteiger partial charge in [-0.3, -0.25) is 4.79 Å². The highest BCUT2D eigenvalue weighted by Gasteiger charge is 2.11. The number of rotatable bonds is 3. The van der Waals surface area contributed by atoms with Crippen LogP contribution in [0.1, 0.15) is 21.6 Å². The molecule has 98 valence electrons. The van der Waals surface area contributed by atoms with Crippen LogP contribution in [-0.2, 0) is 0 Å². The van der Waals surface area contributed by atoms with Crippen molar-refractivity contribution in [3.63, 3.8) is 0 Å². The molecular weight excluding hydrogens is 258 g/mol. The summed E-state index contributed by atoms with van der Waals surface area (Å²) in [7, 11) is 0. The quantitative estimate of drug-likeness (QED) is 0.689. The lowest BCUT2D eigenvalue weighted by Gasteiger charge is -2.07. The van der Waals surface area contributed by atoms with Crippen molar-refractivity contribution in [3.8, 4) is 0 Å². The van der Waals surface area contributed by atoms with Crippen molar-refractivity contribution >= 4 is 23.4 Å². The topological polar surface area (TPSA) is 54.9 Å². The predicted octanol–water partition coefficient (Wildman–Crippen LogP) is 3.07. The largest absolute Gasteiger partial charge is 0.322 e. The summed E-state index contributed by atoms with van der Waals surface area (Å²) in [6.45, 7) is 3.82. The van der Waals surface area contributed by atoms with E-state index in [1.165, 1.54) is 11.8 Å². The third kappa shape index (κ3) is 3.32. The maximum Gasteiger partial charge on any atom is 0.259 e. The molecule has 1 N–H and O–H groups in total. The van der Waals surface area contributed by atoms with Crippen LogP contribution in [-0.4, -0.2) is 22.1 Å². The van der Waals surface area contributed by atoms with E-state index < -0.39 is 0 Å². The number of hydrogen-bond acceptors (Lipinski definition) is 4. The number of thioether (sulfide) groups is 1. The average molecular weight is 273 g/mol. The number of aromatic nitrogens is 2. The average Bonchev–Trinajstić information content (AvgIpc) is 2.41. The minimum atomic E-state index is -0.186. The minimum Gasteiger partial charge on any atom is -0.322 e.